The van der Waals surface area contributed by atoms with Crippen molar-refractivity contribution in [1.29, 1.82) is 0 Å². The van der Waals surface area contributed by atoms with Crippen molar-refractivity contribution in [3.05, 3.63) is 197 Å². The molecular formula is C59H51B. The number of hydrogen-bond acceptors (Lipinski definition) is 0. The molecule has 8 aromatic rings. The average molecular weight is 771 g/mol. The van der Waals surface area contributed by atoms with Gasteiger partial charge in [0.1, 0.15) is 0 Å². The molecule has 1 aliphatic carbocycles. The second kappa shape index (κ2) is 16.2. The SMILES string of the molecule is C#C/C=C(C)\C=C(\C)CB(c1c(C)cc(C)cc1C)c1cc(-c2ccc(C3=CCC(C)C=C3)cc2)c2ccc3ccc(-c4ccc(-c5ccccc5)cc4)c4ccc1c2c34. The van der Waals surface area contributed by atoms with Crippen LogP contribution in [0.25, 0.3) is 71.3 Å². The van der Waals surface area contributed by atoms with Crippen molar-refractivity contribution in [2.45, 2.75) is 54.3 Å². The monoisotopic (exact) mass is 770 g/mol. The molecule has 0 nitrogen and oxygen atoms in total. The second-order valence-corrected chi connectivity index (χ2v) is 17.2. The average Bonchev–Trinajstić information content (AvgIpc) is 3.25. The van der Waals surface area contributed by atoms with Gasteiger partial charge < -0.3 is 0 Å². The molecule has 0 fully saturated rings. The normalized spacial score (nSPS) is 14.6. The van der Waals surface area contributed by atoms with Crippen LogP contribution in [0.5, 0.6) is 0 Å². The number of terminal acetylenes is 1. The molecule has 1 aliphatic rings. The third-order valence-electron chi connectivity index (χ3n) is 12.7. The predicted molar refractivity (Wildman–Crippen MR) is 264 cm³/mol. The van der Waals surface area contributed by atoms with Gasteiger partial charge in [0, 0.05) is 0 Å². The Morgan fingerprint density at radius 3 is 1.95 bits per heavy atom. The maximum atomic E-state index is 5.72. The smallest absolute Gasteiger partial charge is 0.115 e. The summed E-state index contributed by atoms with van der Waals surface area (Å²) in [6, 6.07) is 50.5. The highest BCUT2D eigenvalue weighted by molar-refractivity contribution is 6.88. The van der Waals surface area contributed by atoms with Crippen molar-refractivity contribution in [3.63, 3.8) is 0 Å². The number of allylic oxidation sites excluding steroid dienone is 8. The van der Waals surface area contributed by atoms with Crippen LogP contribution >= 0.6 is 0 Å². The summed E-state index contributed by atoms with van der Waals surface area (Å²) in [7, 11) is 0. The van der Waals surface area contributed by atoms with E-state index in [4.69, 9.17) is 6.42 Å². The molecule has 9 rings (SSSR count). The maximum Gasteiger partial charge on any atom is 0.214 e. The van der Waals surface area contributed by atoms with Crippen LogP contribution in [0.15, 0.2) is 175 Å². The van der Waals surface area contributed by atoms with Crippen LogP contribution in [0.2, 0.25) is 6.32 Å². The van der Waals surface area contributed by atoms with Gasteiger partial charge in [0.05, 0.1) is 0 Å². The zero-order valence-corrected chi connectivity index (χ0v) is 35.7. The number of aryl methyl sites for hydroxylation is 3. The quantitative estimate of drug-likeness (QED) is 0.0593. The second-order valence-electron chi connectivity index (χ2n) is 17.2. The molecule has 0 saturated heterocycles. The number of hydrogen-bond donors (Lipinski definition) is 0. The van der Waals surface area contributed by atoms with Gasteiger partial charge in [-0.05, 0) is 142 Å². The van der Waals surface area contributed by atoms with Crippen molar-refractivity contribution in [1.82, 2.24) is 0 Å². The molecule has 0 spiro atoms. The minimum absolute atomic E-state index is 0.118. The van der Waals surface area contributed by atoms with E-state index in [0.717, 1.165) is 18.3 Å². The van der Waals surface area contributed by atoms with E-state index in [1.54, 1.807) is 0 Å². The highest BCUT2D eigenvalue weighted by Crippen LogP contribution is 2.43. The van der Waals surface area contributed by atoms with Crippen LogP contribution in [-0.4, -0.2) is 6.71 Å². The Hall–Kier alpha value is -6.62. The van der Waals surface area contributed by atoms with Gasteiger partial charge in [0.25, 0.3) is 0 Å². The van der Waals surface area contributed by atoms with E-state index in [2.05, 4.69) is 205 Å². The third-order valence-corrected chi connectivity index (χ3v) is 12.7. The minimum atomic E-state index is 0.118. The fourth-order valence-corrected chi connectivity index (χ4v) is 10.0. The first-order valence-corrected chi connectivity index (χ1v) is 21.4. The summed E-state index contributed by atoms with van der Waals surface area (Å²) < 4.78 is 0. The molecule has 0 amide bonds. The lowest BCUT2D eigenvalue weighted by Crippen LogP contribution is -2.45. The van der Waals surface area contributed by atoms with Gasteiger partial charge in [0.15, 0.2) is 0 Å². The number of benzene rings is 8. The van der Waals surface area contributed by atoms with Crippen molar-refractivity contribution in [2.75, 3.05) is 0 Å². The molecule has 1 heteroatoms. The fraction of sp³-hybridized carbons (Fsp3) is 0.153. The molecule has 60 heavy (non-hydrogen) atoms. The first-order chi connectivity index (χ1) is 29.2. The summed E-state index contributed by atoms with van der Waals surface area (Å²) in [4.78, 5) is 0. The predicted octanol–water partition coefficient (Wildman–Crippen LogP) is 14.6. The summed E-state index contributed by atoms with van der Waals surface area (Å²) in [6.45, 7) is 13.6. The van der Waals surface area contributed by atoms with Crippen LogP contribution in [-0.2, 0) is 0 Å². The van der Waals surface area contributed by atoms with Gasteiger partial charge in [-0.15, -0.1) is 6.42 Å². The van der Waals surface area contributed by atoms with Crippen LogP contribution in [0, 0.1) is 39.0 Å². The molecule has 0 heterocycles. The Kier molecular flexibility index (Phi) is 10.5. The zero-order chi connectivity index (χ0) is 41.5. The molecule has 0 aromatic heterocycles. The molecule has 0 N–H and O–H groups in total. The van der Waals surface area contributed by atoms with Gasteiger partial charge in [-0.3, -0.25) is 0 Å². The van der Waals surface area contributed by atoms with E-state index >= 15 is 0 Å². The lowest BCUT2D eigenvalue weighted by Gasteiger charge is -2.25. The van der Waals surface area contributed by atoms with Gasteiger partial charge in [0.2, 0.25) is 6.71 Å². The standard InChI is InChI=1S/C59H51B/c1-8-12-39(3)33-41(5)37-60(59-42(6)34-40(4)35-43(59)7)56-36-55(49-25-21-47(22-26-49)45-17-15-38(2)16-18-45)53-30-28-50-27-29-51(52-31-32-54(56)58(53)57(50)52)48-23-19-46(20-24-48)44-13-10-9-11-14-44/h1,9-15,17-36,38H,16,37H2,2-7H3/b39-12-,41-33-. The van der Waals surface area contributed by atoms with Gasteiger partial charge in [-0.1, -0.05) is 204 Å². The summed E-state index contributed by atoms with van der Waals surface area (Å²) in [5.74, 6) is 3.32. The molecular weight excluding hydrogens is 719 g/mol. The third kappa shape index (κ3) is 7.33. The molecule has 0 radical (unpaired) electrons. The van der Waals surface area contributed by atoms with E-state index in [-0.39, 0.29) is 6.71 Å². The minimum Gasteiger partial charge on any atom is -0.115 e. The molecule has 0 bridgehead atoms. The van der Waals surface area contributed by atoms with Crippen LogP contribution in [0.3, 0.4) is 0 Å². The molecule has 0 aliphatic heterocycles. The molecule has 290 valence electrons. The topological polar surface area (TPSA) is 0 Å². The highest BCUT2D eigenvalue weighted by Gasteiger charge is 2.28. The van der Waals surface area contributed by atoms with Gasteiger partial charge in [-0.25, -0.2) is 0 Å². The van der Waals surface area contributed by atoms with E-state index in [1.165, 1.54) is 110 Å². The van der Waals surface area contributed by atoms with Crippen molar-refractivity contribution in [2.24, 2.45) is 5.92 Å². The van der Waals surface area contributed by atoms with Crippen LogP contribution in [0.4, 0.5) is 0 Å². The van der Waals surface area contributed by atoms with Crippen molar-refractivity contribution in [3.8, 4) is 45.7 Å². The fourth-order valence-electron chi connectivity index (χ4n) is 10.0. The van der Waals surface area contributed by atoms with Gasteiger partial charge in [-0.2, -0.15) is 0 Å². The van der Waals surface area contributed by atoms with E-state index in [1.807, 2.05) is 6.08 Å². The summed E-state index contributed by atoms with van der Waals surface area (Å²) in [5.41, 5.74) is 19.2. The summed E-state index contributed by atoms with van der Waals surface area (Å²) in [6.07, 6.45) is 18.8. The lowest BCUT2D eigenvalue weighted by molar-refractivity contribution is 0.739. The van der Waals surface area contributed by atoms with Crippen molar-refractivity contribution < 1.29 is 0 Å². The number of rotatable bonds is 9. The Balaban J connectivity index is 1.30. The van der Waals surface area contributed by atoms with Crippen molar-refractivity contribution >= 4 is 55.5 Å². The molecule has 8 aromatic carbocycles. The molecule has 0 saturated carbocycles. The Bertz CT molecular complexity index is 3050. The highest BCUT2D eigenvalue weighted by atomic mass is 14.2. The Morgan fingerprint density at radius 1 is 0.667 bits per heavy atom. The van der Waals surface area contributed by atoms with Gasteiger partial charge >= 0.3 is 0 Å². The van der Waals surface area contributed by atoms with Crippen LogP contribution in [0.1, 0.15) is 49.4 Å². The first kappa shape index (κ1) is 38.9. The van der Waals surface area contributed by atoms with E-state index in [0.29, 0.717) is 5.92 Å². The summed E-state index contributed by atoms with van der Waals surface area (Å²) >= 11 is 0. The largest absolute Gasteiger partial charge is 0.214 e. The zero-order valence-electron chi connectivity index (χ0n) is 35.7. The molecule has 1 atom stereocenters. The summed E-state index contributed by atoms with van der Waals surface area (Å²) in [5, 5.41) is 7.83. The lowest BCUT2D eigenvalue weighted by atomic mass is 9.35. The molecule has 1 unspecified atom stereocenters. The van der Waals surface area contributed by atoms with E-state index < -0.39 is 0 Å². The van der Waals surface area contributed by atoms with E-state index in [9.17, 15) is 0 Å². The maximum absolute atomic E-state index is 5.72. The Labute approximate surface area is 357 Å². The Morgan fingerprint density at radius 2 is 1.27 bits per heavy atom. The van der Waals surface area contributed by atoms with Crippen LogP contribution < -0.4 is 10.9 Å². The first-order valence-electron chi connectivity index (χ1n) is 21.4.